The van der Waals surface area contributed by atoms with Gasteiger partial charge in [0, 0.05) is 24.2 Å². The van der Waals surface area contributed by atoms with E-state index in [1.54, 1.807) is 24.4 Å². The fourth-order valence-electron chi connectivity index (χ4n) is 2.51. The van der Waals surface area contributed by atoms with E-state index >= 15 is 0 Å². The highest BCUT2D eigenvalue weighted by Crippen LogP contribution is 2.24. The van der Waals surface area contributed by atoms with Gasteiger partial charge in [-0.3, -0.25) is 4.99 Å². The highest BCUT2D eigenvalue weighted by molar-refractivity contribution is 5.84. The fraction of sp³-hybridized carbons (Fsp3) is 0.136. The summed E-state index contributed by atoms with van der Waals surface area (Å²) in [6.45, 7) is 2.79. The summed E-state index contributed by atoms with van der Waals surface area (Å²) in [5, 5.41) is 18.5. The lowest BCUT2D eigenvalue weighted by atomic mass is 10.0. The topological polar surface area (TPSA) is 57.3 Å². The average molecular weight is 343 g/mol. The van der Waals surface area contributed by atoms with Gasteiger partial charge in [-0.1, -0.05) is 55.5 Å². The molecule has 1 N–H and O–H groups in total. The maximum absolute atomic E-state index is 10.0. The van der Waals surface area contributed by atoms with Crippen LogP contribution in [0, 0.1) is 0 Å². The molecule has 4 nitrogen and oxygen atoms in total. The molecule has 0 spiro atoms. The molecule has 0 aliphatic rings. The Morgan fingerprint density at radius 3 is 2.23 bits per heavy atom. The summed E-state index contributed by atoms with van der Waals surface area (Å²) in [4.78, 5) is 4.48. The fourth-order valence-corrected chi connectivity index (χ4v) is 2.51. The molecule has 0 radical (unpaired) electrons. The molecule has 0 amide bonds. The Bertz CT molecular complexity index is 890. The predicted octanol–water partition coefficient (Wildman–Crippen LogP) is 6.03. The summed E-state index contributed by atoms with van der Waals surface area (Å²) in [5.41, 5.74) is 3.34. The van der Waals surface area contributed by atoms with Crippen LogP contribution in [0.3, 0.4) is 0 Å². The zero-order valence-electron chi connectivity index (χ0n) is 14.7. The Labute approximate surface area is 153 Å². The Kier molecular flexibility index (Phi) is 5.88. The molecule has 4 heteroatoms. The van der Waals surface area contributed by atoms with Crippen LogP contribution in [0.15, 0.2) is 94.1 Å². The first-order valence-corrected chi connectivity index (χ1v) is 8.57. The molecule has 3 aromatic carbocycles. The summed E-state index contributed by atoms with van der Waals surface area (Å²) in [6, 6.07) is 24.9. The number of hydrogen-bond donors (Lipinski definition) is 1. The second-order valence-corrected chi connectivity index (χ2v) is 6.08. The number of aliphatic imine (C=N–C) groups is 1. The van der Waals surface area contributed by atoms with Gasteiger partial charge in [0.05, 0.1) is 11.4 Å². The van der Waals surface area contributed by atoms with Crippen LogP contribution >= 0.6 is 0 Å². The molecule has 0 bridgehead atoms. The van der Waals surface area contributed by atoms with E-state index in [-0.39, 0.29) is 5.75 Å². The van der Waals surface area contributed by atoms with Crippen LogP contribution in [-0.4, -0.2) is 17.9 Å². The zero-order valence-corrected chi connectivity index (χ0v) is 14.7. The minimum atomic E-state index is 0.180. The maximum Gasteiger partial charge on any atom is 0.124 e. The van der Waals surface area contributed by atoms with Crippen molar-refractivity contribution in [1.82, 2.24) is 0 Å². The van der Waals surface area contributed by atoms with E-state index in [2.05, 4.69) is 34.3 Å². The van der Waals surface area contributed by atoms with E-state index in [1.165, 1.54) is 5.56 Å². The molecule has 0 heterocycles. The molecule has 0 fully saturated rings. The van der Waals surface area contributed by atoms with Gasteiger partial charge in [0.2, 0.25) is 0 Å². The number of phenolic OH excluding ortho intramolecular Hbond substituents is 1. The first-order valence-electron chi connectivity index (χ1n) is 8.57. The van der Waals surface area contributed by atoms with E-state index in [1.807, 2.05) is 48.5 Å². The molecule has 3 aromatic rings. The second kappa shape index (κ2) is 8.72. The van der Waals surface area contributed by atoms with Crippen molar-refractivity contribution in [3.8, 4) is 5.75 Å². The van der Waals surface area contributed by atoms with E-state index in [4.69, 9.17) is 0 Å². The number of hydrogen-bond acceptors (Lipinski definition) is 4. The number of nitrogens with zero attached hydrogens (tertiary/aromatic N) is 3. The number of azo groups is 1. The van der Waals surface area contributed by atoms with Crippen LogP contribution in [0.5, 0.6) is 5.75 Å². The second-order valence-electron chi connectivity index (χ2n) is 6.08. The van der Waals surface area contributed by atoms with Crippen LogP contribution in [0.25, 0.3) is 0 Å². The summed E-state index contributed by atoms with van der Waals surface area (Å²) in [5.74, 6) is 0.496. The molecule has 0 saturated heterocycles. The van der Waals surface area contributed by atoms with Crippen LogP contribution in [0.4, 0.5) is 11.4 Å². The molecule has 130 valence electrons. The molecule has 1 atom stereocenters. The van der Waals surface area contributed by atoms with Gasteiger partial charge in [0.1, 0.15) is 5.75 Å². The zero-order chi connectivity index (χ0) is 18.2. The lowest BCUT2D eigenvalue weighted by Gasteiger charge is -2.08. The largest absolute Gasteiger partial charge is 0.507 e. The van der Waals surface area contributed by atoms with Crippen LogP contribution in [0.1, 0.15) is 24.0 Å². The van der Waals surface area contributed by atoms with E-state index in [0.29, 0.717) is 23.7 Å². The molecule has 0 saturated carbocycles. The first kappa shape index (κ1) is 17.5. The Morgan fingerprint density at radius 2 is 1.50 bits per heavy atom. The SMILES string of the molecule is C[C@@H](CN=Cc1cc(N=Nc2ccccc2)ccc1O)c1ccccc1. The van der Waals surface area contributed by atoms with Gasteiger partial charge in [-0.05, 0) is 35.9 Å². The van der Waals surface area contributed by atoms with Gasteiger partial charge in [0.25, 0.3) is 0 Å². The van der Waals surface area contributed by atoms with Crippen molar-refractivity contribution in [1.29, 1.82) is 0 Å². The summed E-state index contributed by atoms with van der Waals surface area (Å²) < 4.78 is 0. The smallest absolute Gasteiger partial charge is 0.124 e. The van der Waals surface area contributed by atoms with Gasteiger partial charge in [-0.2, -0.15) is 10.2 Å². The molecule has 26 heavy (non-hydrogen) atoms. The van der Waals surface area contributed by atoms with Gasteiger partial charge >= 0.3 is 0 Å². The lowest BCUT2D eigenvalue weighted by Crippen LogP contribution is -1.98. The Hall–Kier alpha value is -3.27. The van der Waals surface area contributed by atoms with Crippen molar-refractivity contribution in [3.63, 3.8) is 0 Å². The monoisotopic (exact) mass is 343 g/mol. The van der Waals surface area contributed by atoms with Crippen molar-refractivity contribution < 1.29 is 5.11 Å². The predicted molar refractivity (Wildman–Crippen MR) is 106 cm³/mol. The quantitative estimate of drug-likeness (QED) is 0.431. The van der Waals surface area contributed by atoms with Crippen molar-refractivity contribution in [2.75, 3.05) is 6.54 Å². The molecule has 0 aliphatic carbocycles. The third kappa shape index (κ3) is 4.86. The summed E-state index contributed by atoms with van der Waals surface area (Å²) in [7, 11) is 0. The minimum Gasteiger partial charge on any atom is -0.507 e. The van der Waals surface area contributed by atoms with Crippen LogP contribution < -0.4 is 0 Å². The first-order chi connectivity index (χ1) is 12.7. The van der Waals surface area contributed by atoms with Crippen LogP contribution in [0.2, 0.25) is 0 Å². The summed E-state index contributed by atoms with van der Waals surface area (Å²) >= 11 is 0. The van der Waals surface area contributed by atoms with Crippen molar-refractivity contribution in [2.45, 2.75) is 12.8 Å². The minimum absolute atomic E-state index is 0.180. The maximum atomic E-state index is 10.0. The third-order valence-corrected chi connectivity index (χ3v) is 4.03. The van der Waals surface area contributed by atoms with Crippen molar-refractivity contribution in [2.24, 2.45) is 15.2 Å². The molecule has 0 unspecified atom stereocenters. The summed E-state index contributed by atoms with van der Waals surface area (Å²) in [6.07, 6.45) is 1.69. The lowest BCUT2D eigenvalue weighted by molar-refractivity contribution is 0.474. The molecule has 0 aromatic heterocycles. The number of phenols is 1. The third-order valence-electron chi connectivity index (χ3n) is 4.03. The number of rotatable bonds is 6. The highest BCUT2D eigenvalue weighted by atomic mass is 16.3. The van der Waals surface area contributed by atoms with Crippen molar-refractivity contribution in [3.05, 3.63) is 90.0 Å². The van der Waals surface area contributed by atoms with Gasteiger partial charge in [0.15, 0.2) is 0 Å². The Morgan fingerprint density at radius 1 is 0.846 bits per heavy atom. The highest BCUT2D eigenvalue weighted by Gasteiger charge is 2.04. The standard InChI is InChI=1S/C22H21N3O/c1-17(18-8-4-2-5-9-18)15-23-16-19-14-21(12-13-22(19)26)25-24-20-10-6-3-7-11-20/h2-14,16-17,26H,15H2,1H3/t17-/m0/s1. The van der Waals surface area contributed by atoms with E-state index in [0.717, 1.165) is 5.69 Å². The Balaban J connectivity index is 1.68. The van der Waals surface area contributed by atoms with Gasteiger partial charge in [-0.25, -0.2) is 0 Å². The van der Waals surface area contributed by atoms with E-state index < -0.39 is 0 Å². The van der Waals surface area contributed by atoms with Gasteiger partial charge < -0.3 is 5.11 Å². The average Bonchev–Trinajstić information content (AvgIpc) is 2.69. The number of benzene rings is 3. The molecular formula is C22H21N3O. The number of aromatic hydroxyl groups is 1. The molecule has 3 rings (SSSR count). The van der Waals surface area contributed by atoms with E-state index in [9.17, 15) is 5.11 Å². The van der Waals surface area contributed by atoms with Crippen LogP contribution in [-0.2, 0) is 0 Å². The van der Waals surface area contributed by atoms with Crippen molar-refractivity contribution >= 4 is 17.6 Å². The van der Waals surface area contributed by atoms with Gasteiger partial charge in [-0.15, -0.1) is 0 Å². The molecule has 0 aliphatic heterocycles. The molecular weight excluding hydrogens is 322 g/mol. The normalized spacial score (nSPS) is 12.7.